The van der Waals surface area contributed by atoms with Crippen LogP contribution in [0.1, 0.15) is 47.5 Å². The highest BCUT2D eigenvalue weighted by Gasteiger charge is 2.39. The first-order valence-corrected chi connectivity index (χ1v) is 8.99. The maximum atomic E-state index is 12.4. The second kappa shape index (κ2) is 6.34. The highest BCUT2D eigenvalue weighted by Crippen LogP contribution is 2.18. The van der Waals surface area contributed by atoms with Gasteiger partial charge in [-0.1, -0.05) is 13.3 Å². The summed E-state index contributed by atoms with van der Waals surface area (Å²) >= 11 is 0. The Kier molecular flexibility index (Phi) is 5.41. The van der Waals surface area contributed by atoms with Gasteiger partial charge >= 0.3 is 0 Å². The van der Waals surface area contributed by atoms with Gasteiger partial charge in [0.05, 0.1) is 10.5 Å². The third-order valence-corrected chi connectivity index (χ3v) is 6.44. The van der Waals surface area contributed by atoms with E-state index < -0.39 is 26.7 Å². The van der Waals surface area contributed by atoms with E-state index in [-0.39, 0.29) is 24.1 Å². The summed E-state index contributed by atoms with van der Waals surface area (Å²) in [4.78, 5) is 25.6. The monoisotopic (exact) mass is 318 g/mol. The molecule has 0 bridgehead atoms. The van der Waals surface area contributed by atoms with Crippen LogP contribution in [0.3, 0.4) is 0 Å². The van der Waals surface area contributed by atoms with Crippen LogP contribution in [0, 0.1) is 0 Å². The largest absolute Gasteiger partial charge is 0.343 e. The molecule has 1 aliphatic rings. The van der Waals surface area contributed by atoms with Gasteiger partial charge in [0.25, 0.3) is 0 Å². The quantitative estimate of drug-likeness (QED) is 0.809. The first-order chi connectivity index (χ1) is 9.51. The Morgan fingerprint density at radius 3 is 2.29 bits per heavy atom. The van der Waals surface area contributed by atoms with Crippen LogP contribution in [0.5, 0.6) is 0 Å². The number of nitrogens with one attached hydrogen (secondary N) is 1. The Bertz CT molecular complexity index is 508. The van der Waals surface area contributed by atoms with E-state index in [0.717, 1.165) is 6.42 Å². The van der Waals surface area contributed by atoms with Gasteiger partial charge in [0, 0.05) is 6.54 Å². The zero-order valence-corrected chi connectivity index (χ0v) is 14.3. The maximum absolute atomic E-state index is 12.4. The number of carbonyl (C=O) groups is 2. The zero-order chi connectivity index (χ0) is 16.4. The molecule has 2 unspecified atom stereocenters. The van der Waals surface area contributed by atoms with Crippen molar-refractivity contribution in [2.45, 2.75) is 64.3 Å². The first-order valence-electron chi connectivity index (χ1n) is 7.34. The van der Waals surface area contributed by atoms with E-state index >= 15 is 0 Å². The molecule has 1 saturated heterocycles. The second-order valence-electron chi connectivity index (χ2n) is 6.49. The van der Waals surface area contributed by atoms with Gasteiger partial charge in [0.1, 0.15) is 12.1 Å². The number of sulfone groups is 1. The smallest absolute Gasteiger partial charge is 0.245 e. The fourth-order valence-electron chi connectivity index (χ4n) is 2.20. The molecule has 0 aromatic rings. The van der Waals surface area contributed by atoms with E-state index in [1.54, 1.807) is 27.7 Å². The summed E-state index contributed by atoms with van der Waals surface area (Å²) in [5, 5.41) is 2.69. The Balaban J connectivity index is 2.84. The molecule has 2 atom stereocenters. The minimum Gasteiger partial charge on any atom is -0.343 e. The molecule has 1 heterocycles. The number of hydrogen-bond acceptors (Lipinski definition) is 4. The molecule has 7 heteroatoms. The molecule has 0 aromatic carbocycles. The molecule has 0 aliphatic carbocycles. The van der Waals surface area contributed by atoms with E-state index in [2.05, 4.69) is 5.32 Å². The van der Waals surface area contributed by atoms with Crippen LogP contribution in [0.25, 0.3) is 0 Å². The topological polar surface area (TPSA) is 83.6 Å². The molecule has 0 saturated carbocycles. The lowest BCUT2D eigenvalue weighted by molar-refractivity contribution is -0.148. The summed E-state index contributed by atoms with van der Waals surface area (Å²) in [6, 6.07) is -1.16. The molecule has 1 N–H and O–H groups in total. The SMILES string of the molecule is CCCC1NC(=O)C(C)N(CCS(=O)(=O)C(C)(C)C)C1=O. The van der Waals surface area contributed by atoms with Crippen molar-refractivity contribution in [1.29, 1.82) is 0 Å². The van der Waals surface area contributed by atoms with Crippen molar-refractivity contribution < 1.29 is 18.0 Å². The highest BCUT2D eigenvalue weighted by atomic mass is 32.2. The van der Waals surface area contributed by atoms with Gasteiger partial charge in [0.15, 0.2) is 9.84 Å². The Morgan fingerprint density at radius 1 is 1.24 bits per heavy atom. The molecular weight excluding hydrogens is 292 g/mol. The molecule has 0 spiro atoms. The molecule has 21 heavy (non-hydrogen) atoms. The molecule has 2 amide bonds. The fourth-order valence-corrected chi connectivity index (χ4v) is 3.25. The van der Waals surface area contributed by atoms with Gasteiger partial charge in [-0.05, 0) is 34.1 Å². The van der Waals surface area contributed by atoms with Gasteiger partial charge in [-0.2, -0.15) is 0 Å². The molecule has 0 aromatic heterocycles. The van der Waals surface area contributed by atoms with Crippen molar-refractivity contribution in [2.24, 2.45) is 0 Å². The van der Waals surface area contributed by atoms with Crippen molar-refractivity contribution in [2.75, 3.05) is 12.3 Å². The van der Waals surface area contributed by atoms with E-state index in [1.807, 2.05) is 6.92 Å². The summed E-state index contributed by atoms with van der Waals surface area (Å²) in [6.45, 7) is 8.53. The van der Waals surface area contributed by atoms with Crippen LogP contribution in [-0.2, 0) is 19.4 Å². The molecule has 0 radical (unpaired) electrons. The van der Waals surface area contributed by atoms with Gasteiger partial charge in [-0.3, -0.25) is 9.59 Å². The Labute approximate surface area is 127 Å². The number of amides is 2. The summed E-state index contributed by atoms with van der Waals surface area (Å²) < 4.78 is 23.5. The predicted molar refractivity (Wildman–Crippen MR) is 81.6 cm³/mol. The summed E-state index contributed by atoms with van der Waals surface area (Å²) in [5.74, 6) is -0.534. The van der Waals surface area contributed by atoms with Crippen molar-refractivity contribution >= 4 is 21.7 Å². The van der Waals surface area contributed by atoms with Gasteiger partial charge in [0.2, 0.25) is 11.8 Å². The first kappa shape index (κ1) is 17.9. The van der Waals surface area contributed by atoms with Crippen LogP contribution in [0.2, 0.25) is 0 Å². The van der Waals surface area contributed by atoms with Crippen LogP contribution in [0.4, 0.5) is 0 Å². The van der Waals surface area contributed by atoms with Crippen molar-refractivity contribution in [1.82, 2.24) is 10.2 Å². The Morgan fingerprint density at radius 2 is 1.81 bits per heavy atom. The summed E-state index contributed by atoms with van der Waals surface area (Å²) in [5.41, 5.74) is 0. The fraction of sp³-hybridized carbons (Fsp3) is 0.857. The lowest BCUT2D eigenvalue weighted by Crippen LogP contribution is -2.63. The molecular formula is C14H26N2O4S. The number of carbonyl (C=O) groups excluding carboxylic acids is 2. The predicted octanol–water partition coefficient (Wildman–Crippen LogP) is 0.715. The van der Waals surface area contributed by atoms with Crippen LogP contribution in [0.15, 0.2) is 0 Å². The number of piperazine rings is 1. The van der Waals surface area contributed by atoms with Crippen LogP contribution < -0.4 is 5.32 Å². The van der Waals surface area contributed by atoms with Gasteiger partial charge in [-0.15, -0.1) is 0 Å². The minimum absolute atomic E-state index is 0.0627. The average molecular weight is 318 g/mol. The third-order valence-electron chi connectivity index (χ3n) is 3.86. The number of hydrogen-bond donors (Lipinski definition) is 1. The lowest BCUT2D eigenvalue weighted by atomic mass is 10.0. The standard InChI is InChI=1S/C14H26N2O4S/c1-6-7-11-13(18)16(10(2)12(17)15-11)8-9-21(19,20)14(3,4)5/h10-11H,6-9H2,1-5H3,(H,15,17). The molecule has 122 valence electrons. The number of rotatable bonds is 5. The highest BCUT2D eigenvalue weighted by molar-refractivity contribution is 7.92. The van der Waals surface area contributed by atoms with E-state index in [4.69, 9.17) is 0 Å². The van der Waals surface area contributed by atoms with E-state index in [1.165, 1.54) is 4.90 Å². The maximum Gasteiger partial charge on any atom is 0.245 e. The average Bonchev–Trinajstić information content (AvgIpc) is 2.34. The van der Waals surface area contributed by atoms with E-state index in [0.29, 0.717) is 6.42 Å². The second-order valence-corrected chi connectivity index (χ2v) is 9.35. The third kappa shape index (κ3) is 3.96. The van der Waals surface area contributed by atoms with Crippen molar-refractivity contribution in [3.63, 3.8) is 0 Å². The van der Waals surface area contributed by atoms with Gasteiger partial charge in [-0.25, -0.2) is 8.42 Å². The summed E-state index contributed by atoms with van der Waals surface area (Å²) in [6.07, 6.45) is 1.35. The molecule has 6 nitrogen and oxygen atoms in total. The van der Waals surface area contributed by atoms with E-state index in [9.17, 15) is 18.0 Å². The molecule has 1 fully saturated rings. The zero-order valence-electron chi connectivity index (χ0n) is 13.5. The minimum atomic E-state index is -3.32. The molecule has 1 aliphatic heterocycles. The molecule has 1 rings (SSSR count). The van der Waals surface area contributed by atoms with Crippen LogP contribution in [-0.4, -0.2) is 54.3 Å². The normalized spacial score (nSPS) is 24.1. The Hall–Kier alpha value is -1.11. The van der Waals surface area contributed by atoms with Crippen molar-refractivity contribution in [3.8, 4) is 0 Å². The van der Waals surface area contributed by atoms with Crippen LogP contribution >= 0.6 is 0 Å². The van der Waals surface area contributed by atoms with Gasteiger partial charge < -0.3 is 10.2 Å². The lowest BCUT2D eigenvalue weighted by Gasteiger charge is -2.37. The van der Waals surface area contributed by atoms with Crippen molar-refractivity contribution in [3.05, 3.63) is 0 Å². The number of nitrogens with zero attached hydrogens (tertiary/aromatic N) is 1. The summed E-state index contributed by atoms with van der Waals surface area (Å²) in [7, 11) is -3.32.